The summed E-state index contributed by atoms with van der Waals surface area (Å²) < 4.78 is 10.2. The Balaban J connectivity index is 2.00. The van der Waals surface area contributed by atoms with Gasteiger partial charge in [0.25, 0.3) is 0 Å². The first-order valence-corrected chi connectivity index (χ1v) is 4.31. The smallest absolute Gasteiger partial charge is 0.0919 e. The van der Waals surface area contributed by atoms with Gasteiger partial charge in [0.1, 0.15) is 0 Å². The molecule has 0 spiro atoms. The van der Waals surface area contributed by atoms with Gasteiger partial charge in [-0.15, -0.1) is 0 Å². The third kappa shape index (κ3) is 2.81. The topological polar surface area (TPSA) is 18.5 Å². The van der Waals surface area contributed by atoms with Crippen LogP contribution in [0.4, 0.5) is 0 Å². The van der Waals surface area contributed by atoms with E-state index in [1.165, 1.54) is 24.1 Å². The highest BCUT2D eigenvalue weighted by Gasteiger charge is 1.96. The summed E-state index contributed by atoms with van der Waals surface area (Å²) in [6.07, 6.45) is 1.01. The minimum Gasteiger partial charge on any atom is -0.314 e. The lowest BCUT2D eigenvalue weighted by atomic mass is 10.5. The summed E-state index contributed by atoms with van der Waals surface area (Å²) >= 11 is 2.93. The monoisotopic (exact) mass is 152 g/mol. The SMILES string of the molecule is C1COSCSOC1. The molecule has 0 aliphatic carbocycles. The third-order valence-electron chi connectivity index (χ3n) is 0.718. The van der Waals surface area contributed by atoms with Gasteiger partial charge in [-0.3, -0.25) is 0 Å². The van der Waals surface area contributed by atoms with E-state index in [0.717, 1.165) is 24.7 Å². The molecule has 0 aromatic rings. The lowest BCUT2D eigenvalue weighted by Crippen LogP contribution is -1.97. The van der Waals surface area contributed by atoms with Crippen LogP contribution in [0.15, 0.2) is 0 Å². The molecular weight excluding hydrogens is 144 g/mol. The summed E-state index contributed by atoms with van der Waals surface area (Å²) in [5.74, 6) is 0. The molecule has 1 saturated heterocycles. The number of hydrogen-bond donors (Lipinski definition) is 0. The van der Waals surface area contributed by atoms with Crippen molar-refractivity contribution in [3.63, 3.8) is 0 Å². The molecule has 0 unspecified atom stereocenters. The zero-order valence-electron chi connectivity index (χ0n) is 4.46. The molecule has 0 radical (unpaired) electrons. The van der Waals surface area contributed by atoms with Crippen LogP contribution in [-0.2, 0) is 8.37 Å². The fourth-order valence-corrected chi connectivity index (χ4v) is 1.56. The van der Waals surface area contributed by atoms with Crippen LogP contribution in [0.1, 0.15) is 6.42 Å². The Morgan fingerprint density at radius 1 is 1.00 bits per heavy atom. The van der Waals surface area contributed by atoms with Crippen molar-refractivity contribution in [1.29, 1.82) is 0 Å². The zero-order chi connectivity index (χ0) is 5.66. The zero-order valence-corrected chi connectivity index (χ0v) is 6.09. The van der Waals surface area contributed by atoms with Crippen LogP contribution in [0.25, 0.3) is 0 Å². The second-order valence-electron chi connectivity index (χ2n) is 1.35. The Kier molecular flexibility index (Phi) is 3.78. The van der Waals surface area contributed by atoms with E-state index in [9.17, 15) is 0 Å². The lowest BCUT2D eigenvalue weighted by molar-refractivity contribution is 0.291. The van der Waals surface area contributed by atoms with E-state index >= 15 is 0 Å². The first-order valence-electron chi connectivity index (χ1n) is 2.49. The van der Waals surface area contributed by atoms with E-state index in [0.29, 0.717) is 0 Å². The third-order valence-corrected chi connectivity index (χ3v) is 2.15. The van der Waals surface area contributed by atoms with Gasteiger partial charge in [-0.1, -0.05) is 0 Å². The van der Waals surface area contributed by atoms with Gasteiger partial charge >= 0.3 is 0 Å². The molecule has 1 aliphatic rings. The highest BCUT2D eigenvalue weighted by atomic mass is 32.2. The van der Waals surface area contributed by atoms with Gasteiger partial charge in [-0.05, 0) is 6.42 Å². The standard InChI is InChI=1S/C4H8O2S2/c1-2-5-7-4-8-6-3-1/h1-4H2. The van der Waals surface area contributed by atoms with Crippen LogP contribution in [0.2, 0.25) is 0 Å². The minimum absolute atomic E-state index is 0.825. The summed E-state index contributed by atoms with van der Waals surface area (Å²) in [5, 5.41) is 0.889. The summed E-state index contributed by atoms with van der Waals surface area (Å²) in [6.45, 7) is 1.65. The lowest BCUT2D eigenvalue weighted by Gasteiger charge is -2.06. The minimum atomic E-state index is 0.825. The molecule has 0 saturated carbocycles. The van der Waals surface area contributed by atoms with Crippen molar-refractivity contribution in [2.45, 2.75) is 6.42 Å². The highest BCUT2D eigenvalue weighted by molar-refractivity contribution is 8.11. The maximum Gasteiger partial charge on any atom is 0.0919 e. The largest absolute Gasteiger partial charge is 0.314 e. The molecule has 1 fully saturated rings. The Hall–Kier alpha value is 0.620. The Labute approximate surface area is 57.7 Å². The molecule has 8 heavy (non-hydrogen) atoms. The molecule has 0 aromatic carbocycles. The molecule has 0 amide bonds. The van der Waals surface area contributed by atoms with Gasteiger partial charge in [0.05, 0.1) is 18.3 Å². The fourth-order valence-electron chi connectivity index (χ4n) is 0.382. The van der Waals surface area contributed by atoms with E-state index in [1.54, 1.807) is 0 Å². The Morgan fingerprint density at radius 3 is 2.25 bits per heavy atom. The first-order chi connectivity index (χ1) is 4.00. The maximum atomic E-state index is 5.09. The van der Waals surface area contributed by atoms with Gasteiger partial charge in [-0.25, -0.2) is 0 Å². The highest BCUT2D eigenvalue weighted by Crippen LogP contribution is 2.17. The molecule has 0 atom stereocenters. The first kappa shape index (κ1) is 6.74. The van der Waals surface area contributed by atoms with Crippen LogP contribution in [0.3, 0.4) is 0 Å². The second-order valence-corrected chi connectivity index (χ2v) is 3.24. The quantitative estimate of drug-likeness (QED) is 0.491. The molecule has 0 aromatic heterocycles. The van der Waals surface area contributed by atoms with Crippen LogP contribution < -0.4 is 0 Å². The van der Waals surface area contributed by atoms with Gasteiger partial charge in [0.2, 0.25) is 0 Å². The van der Waals surface area contributed by atoms with Crippen molar-refractivity contribution in [3.8, 4) is 0 Å². The molecule has 0 N–H and O–H groups in total. The van der Waals surface area contributed by atoms with Gasteiger partial charge in [0.15, 0.2) is 0 Å². The predicted octanol–water partition coefficient (Wildman–Crippen LogP) is 1.68. The molecule has 1 rings (SSSR count). The molecule has 4 heteroatoms. The second kappa shape index (κ2) is 4.49. The van der Waals surface area contributed by atoms with E-state index in [2.05, 4.69) is 0 Å². The average Bonchev–Trinajstić information content (AvgIpc) is 1.62. The van der Waals surface area contributed by atoms with E-state index in [-0.39, 0.29) is 0 Å². The van der Waals surface area contributed by atoms with Crippen molar-refractivity contribution >= 4 is 24.1 Å². The summed E-state index contributed by atoms with van der Waals surface area (Å²) in [7, 11) is 0. The van der Waals surface area contributed by atoms with Gasteiger partial charge < -0.3 is 8.37 Å². The normalized spacial score (nSPS) is 24.0. The van der Waals surface area contributed by atoms with Crippen molar-refractivity contribution < 1.29 is 8.37 Å². The Bertz CT molecular complexity index is 36.0. The van der Waals surface area contributed by atoms with E-state index in [4.69, 9.17) is 8.37 Å². The van der Waals surface area contributed by atoms with Crippen molar-refractivity contribution in [2.24, 2.45) is 0 Å². The fraction of sp³-hybridized carbons (Fsp3) is 1.00. The summed E-state index contributed by atoms with van der Waals surface area (Å²) in [6, 6.07) is 0. The van der Waals surface area contributed by atoms with E-state index in [1.807, 2.05) is 0 Å². The Morgan fingerprint density at radius 2 is 1.62 bits per heavy atom. The van der Waals surface area contributed by atoms with Crippen LogP contribution in [0, 0.1) is 0 Å². The molecule has 1 aliphatic heterocycles. The van der Waals surface area contributed by atoms with Crippen molar-refractivity contribution in [1.82, 2.24) is 0 Å². The molecule has 48 valence electrons. The summed E-state index contributed by atoms with van der Waals surface area (Å²) in [5.41, 5.74) is 0. The molecule has 2 nitrogen and oxygen atoms in total. The van der Waals surface area contributed by atoms with Crippen LogP contribution >= 0.6 is 24.1 Å². The molecule has 1 heterocycles. The van der Waals surface area contributed by atoms with E-state index < -0.39 is 0 Å². The van der Waals surface area contributed by atoms with Crippen LogP contribution in [-0.4, -0.2) is 18.3 Å². The van der Waals surface area contributed by atoms with Crippen molar-refractivity contribution in [2.75, 3.05) is 18.3 Å². The van der Waals surface area contributed by atoms with Crippen LogP contribution in [0.5, 0.6) is 0 Å². The predicted molar refractivity (Wildman–Crippen MR) is 36.6 cm³/mol. The van der Waals surface area contributed by atoms with Crippen molar-refractivity contribution in [3.05, 3.63) is 0 Å². The maximum absolute atomic E-state index is 5.09. The summed E-state index contributed by atoms with van der Waals surface area (Å²) in [4.78, 5) is 0. The molecular formula is C4H8O2S2. The molecule has 0 bridgehead atoms. The van der Waals surface area contributed by atoms with Gasteiger partial charge in [-0.2, -0.15) is 0 Å². The van der Waals surface area contributed by atoms with Gasteiger partial charge in [0, 0.05) is 24.1 Å². The number of rotatable bonds is 0. The number of hydrogen-bond acceptors (Lipinski definition) is 4. The average molecular weight is 152 g/mol.